The summed E-state index contributed by atoms with van der Waals surface area (Å²) in [6.45, 7) is -0.520. The topological polar surface area (TPSA) is 18.5 Å². The van der Waals surface area contributed by atoms with Crippen molar-refractivity contribution in [3.8, 4) is 11.5 Å². The standard InChI is InChI=1S/C29H26F4O2/c1-2-34-25-15-12-21(27(30)18-25)8-4-20-7-16-26-23(17-20)11-10-22(28(26)31)9-3-19-5-13-24(14-6-19)35-29(32)33/h5-7,10-18,29H,2-4,8-9H2,1H3. The molecule has 0 fully saturated rings. The molecule has 182 valence electrons. The van der Waals surface area contributed by atoms with E-state index >= 15 is 4.39 Å². The highest BCUT2D eigenvalue weighted by Crippen LogP contribution is 2.25. The lowest BCUT2D eigenvalue weighted by molar-refractivity contribution is -0.0498. The van der Waals surface area contributed by atoms with Gasteiger partial charge < -0.3 is 9.47 Å². The van der Waals surface area contributed by atoms with Crippen LogP contribution in [0.25, 0.3) is 10.8 Å². The number of rotatable bonds is 10. The van der Waals surface area contributed by atoms with Crippen molar-refractivity contribution in [2.75, 3.05) is 6.61 Å². The van der Waals surface area contributed by atoms with E-state index in [9.17, 15) is 13.2 Å². The predicted octanol–water partition coefficient (Wildman–Crippen LogP) is 7.69. The Morgan fingerprint density at radius 2 is 1.34 bits per heavy atom. The van der Waals surface area contributed by atoms with Crippen molar-refractivity contribution in [2.24, 2.45) is 0 Å². The maximum absolute atomic E-state index is 15.2. The molecule has 0 aliphatic rings. The van der Waals surface area contributed by atoms with E-state index in [0.29, 0.717) is 54.6 Å². The highest BCUT2D eigenvalue weighted by atomic mass is 19.3. The summed E-state index contributed by atoms with van der Waals surface area (Å²) in [5, 5.41) is 1.34. The summed E-state index contributed by atoms with van der Waals surface area (Å²) in [7, 11) is 0. The highest BCUT2D eigenvalue weighted by molar-refractivity contribution is 5.84. The molecule has 35 heavy (non-hydrogen) atoms. The molecular weight excluding hydrogens is 456 g/mol. The second kappa shape index (κ2) is 11.3. The largest absolute Gasteiger partial charge is 0.494 e. The van der Waals surface area contributed by atoms with Gasteiger partial charge in [-0.1, -0.05) is 48.5 Å². The predicted molar refractivity (Wildman–Crippen MR) is 129 cm³/mol. The van der Waals surface area contributed by atoms with Crippen molar-refractivity contribution in [1.29, 1.82) is 0 Å². The van der Waals surface area contributed by atoms with Gasteiger partial charge in [-0.2, -0.15) is 8.78 Å². The minimum Gasteiger partial charge on any atom is -0.494 e. The molecule has 4 aromatic carbocycles. The normalized spacial score (nSPS) is 11.3. The van der Waals surface area contributed by atoms with E-state index in [1.165, 1.54) is 18.2 Å². The molecule has 0 saturated carbocycles. The van der Waals surface area contributed by atoms with E-state index < -0.39 is 6.61 Å². The molecule has 0 unspecified atom stereocenters. The van der Waals surface area contributed by atoms with Gasteiger partial charge in [0.1, 0.15) is 23.1 Å². The first-order valence-corrected chi connectivity index (χ1v) is 11.6. The van der Waals surface area contributed by atoms with Gasteiger partial charge in [0, 0.05) is 11.5 Å². The van der Waals surface area contributed by atoms with Crippen molar-refractivity contribution in [2.45, 2.75) is 39.2 Å². The average molecular weight is 483 g/mol. The van der Waals surface area contributed by atoms with Gasteiger partial charge in [-0.25, -0.2) is 8.78 Å². The van der Waals surface area contributed by atoms with Crippen LogP contribution >= 0.6 is 0 Å². The molecule has 0 bridgehead atoms. The molecule has 0 heterocycles. The number of alkyl halides is 2. The van der Waals surface area contributed by atoms with Crippen LogP contribution in [0.3, 0.4) is 0 Å². The smallest absolute Gasteiger partial charge is 0.387 e. The number of aryl methyl sites for hydroxylation is 4. The minimum atomic E-state index is -2.86. The maximum atomic E-state index is 15.2. The SMILES string of the molecule is CCOc1ccc(CCc2ccc3c(F)c(CCc4ccc(OC(F)F)cc4)ccc3c2)c(F)c1. The highest BCUT2D eigenvalue weighted by Gasteiger charge is 2.10. The van der Waals surface area contributed by atoms with Crippen LogP contribution in [0.15, 0.2) is 72.8 Å². The second-order valence-electron chi connectivity index (χ2n) is 8.30. The van der Waals surface area contributed by atoms with E-state index in [1.54, 1.807) is 36.4 Å². The maximum Gasteiger partial charge on any atom is 0.387 e. The fraction of sp³-hybridized carbons (Fsp3) is 0.241. The fourth-order valence-electron chi connectivity index (χ4n) is 4.12. The summed E-state index contributed by atoms with van der Waals surface area (Å²) >= 11 is 0. The number of hydrogen-bond acceptors (Lipinski definition) is 2. The van der Waals surface area contributed by atoms with E-state index in [4.69, 9.17) is 4.74 Å². The van der Waals surface area contributed by atoms with Gasteiger partial charge in [-0.3, -0.25) is 0 Å². The Balaban J connectivity index is 1.41. The van der Waals surface area contributed by atoms with Crippen LogP contribution in [-0.2, 0) is 25.7 Å². The average Bonchev–Trinajstić information content (AvgIpc) is 2.84. The Bertz CT molecular complexity index is 1290. The van der Waals surface area contributed by atoms with Gasteiger partial charge in [-0.15, -0.1) is 0 Å². The molecule has 2 nitrogen and oxygen atoms in total. The van der Waals surface area contributed by atoms with Crippen LogP contribution in [-0.4, -0.2) is 13.2 Å². The molecule has 0 atom stereocenters. The van der Waals surface area contributed by atoms with Crippen LogP contribution in [0.2, 0.25) is 0 Å². The Morgan fingerprint density at radius 1 is 0.686 bits per heavy atom. The summed E-state index contributed by atoms with van der Waals surface area (Å²) in [5.74, 6) is 0.0677. The quantitative estimate of drug-likeness (QED) is 0.216. The lowest BCUT2D eigenvalue weighted by Crippen LogP contribution is -2.02. The Kier molecular flexibility index (Phi) is 7.91. The molecule has 0 aliphatic heterocycles. The van der Waals surface area contributed by atoms with Crippen LogP contribution in [0.1, 0.15) is 29.2 Å². The minimum absolute atomic E-state index is 0.0988. The molecule has 0 spiro atoms. The number of ether oxygens (including phenoxy) is 2. The summed E-state index contributed by atoms with van der Waals surface area (Å²) in [6.07, 6.45) is 2.22. The molecule has 0 N–H and O–H groups in total. The summed E-state index contributed by atoms with van der Waals surface area (Å²) in [5.41, 5.74) is 3.12. The first-order chi connectivity index (χ1) is 16.9. The molecule has 0 radical (unpaired) electrons. The van der Waals surface area contributed by atoms with Crippen molar-refractivity contribution >= 4 is 10.8 Å². The van der Waals surface area contributed by atoms with E-state index in [1.807, 2.05) is 25.1 Å². The molecule has 6 heteroatoms. The van der Waals surface area contributed by atoms with Crippen LogP contribution < -0.4 is 9.47 Å². The van der Waals surface area contributed by atoms with Crippen LogP contribution in [0.4, 0.5) is 17.6 Å². The van der Waals surface area contributed by atoms with Gasteiger partial charge in [0.15, 0.2) is 0 Å². The third-order valence-electron chi connectivity index (χ3n) is 5.95. The van der Waals surface area contributed by atoms with Crippen molar-refractivity contribution in [1.82, 2.24) is 0 Å². The zero-order valence-electron chi connectivity index (χ0n) is 19.4. The first kappa shape index (κ1) is 24.6. The molecule has 0 saturated heterocycles. The summed E-state index contributed by atoms with van der Waals surface area (Å²) in [4.78, 5) is 0. The van der Waals surface area contributed by atoms with E-state index in [-0.39, 0.29) is 17.4 Å². The van der Waals surface area contributed by atoms with Gasteiger partial charge in [0.2, 0.25) is 0 Å². The fourth-order valence-corrected chi connectivity index (χ4v) is 4.12. The van der Waals surface area contributed by atoms with Gasteiger partial charge in [0.25, 0.3) is 0 Å². The third-order valence-corrected chi connectivity index (χ3v) is 5.95. The molecule has 0 aliphatic carbocycles. The van der Waals surface area contributed by atoms with Crippen LogP contribution in [0, 0.1) is 11.6 Å². The Morgan fingerprint density at radius 3 is 2.06 bits per heavy atom. The Hall–Kier alpha value is -3.54. The number of hydrogen-bond donors (Lipinski definition) is 0. The number of benzene rings is 4. The molecular formula is C29H26F4O2. The number of fused-ring (bicyclic) bond motifs is 1. The zero-order chi connectivity index (χ0) is 24.8. The van der Waals surface area contributed by atoms with Gasteiger partial charge in [-0.05, 0) is 78.4 Å². The molecule has 4 aromatic rings. The monoisotopic (exact) mass is 482 g/mol. The summed E-state index contributed by atoms with van der Waals surface area (Å²) in [6, 6.07) is 20.6. The molecule has 4 rings (SSSR count). The van der Waals surface area contributed by atoms with Crippen molar-refractivity contribution in [3.05, 3.63) is 107 Å². The van der Waals surface area contributed by atoms with E-state index in [2.05, 4.69) is 4.74 Å². The number of halogens is 4. The Labute approximate surface area is 202 Å². The zero-order valence-corrected chi connectivity index (χ0v) is 19.4. The first-order valence-electron chi connectivity index (χ1n) is 11.6. The van der Waals surface area contributed by atoms with E-state index in [0.717, 1.165) is 16.5 Å². The van der Waals surface area contributed by atoms with Gasteiger partial charge in [0.05, 0.1) is 6.61 Å². The lowest BCUT2D eigenvalue weighted by atomic mass is 9.97. The molecule has 0 amide bonds. The van der Waals surface area contributed by atoms with Crippen molar-refractivity contribution < 1.29 is 27.0 Å². The summed E-state index contributed by atoms with van der Waals surface area (Å²) < 4.78 is 63.7. The third kappa shape index (κ3) is 6.32. The molecule has 0 aromatic heterocycles. The second-order valence-corrected chi connectivity index (χ2v) is 8.30. The van der Waals surface area contributed by atoms with Gasteiger partial charge >= 0.3 is 6.61 Å². The van der Waals surface area contributed by atoms with Crippen LogP contribution in [0.5, 0.6) is 11.5 Å². The van der Waals surface area contributed by atoms with Crippen molar-refractivity contribution in [3.63, 3.8) is 0 Å². The lowest BCUT2D eigenvalue weighted by Gasteiger charge is -2.10.